The van der Waals surface area contributed by atoms with Crippen LogP contribution < -0.4 is 0 Å². The fourth-order valence-electron chi connectivity index (χ4n) is 0.677. The van der Waals surface area contributed by atoms with Gasteiger partial charge in [0.2, 0.25) is 0 Å². The van der Waals surface area contributed by atoms with Crippen molar-refractivity contribution in [1.82, 2.24) is 0 Å². The molecule has 5 heteroatoms. The van der Waals surface area contributed by atoms with Crippen molar-refractivity contribution in [2.24, 2.45) is 0 Å². The first-order chi connectivity index (χ1) is 5.57. The number of carbonyl (C=O) groups excluding carboxylic acids is 1. The third-order valence-electron chi connectivity index (χ3n) is 1.26. The Morgan fingerprint density at radius 3 is 2.50 bits per heavy atom. The van der Waals surface area contributed by atoms with E-state index in [9.17, 15) is 9.18 Å². The first-order valence-electron chi connectivity index (χ1n) is 2.86. The fraction of sp³-hybridized carbons (Fsp3) is 0. The van der Waals surface area contributed by atoms with Crippen LogP contribution in [0.3, 0.4) is 0 Å². The molecular weight excluding hydrogens is 317 g/mol. The largest absolute Gasteiger partial charge is 0.298 e. The Morgan fingerprint density at radius 2 is 2.00 bits per heavy atom. The summed E-state index contributed by atoms with van der Waals surface area (Å²) < 4.78 is 13.2. The van der Waals surface area contributed by atoms with Gasteiger partial charge in [-0.2, -0.15) is 0 Å². The Bertz CT molecular complexity index is 341. The van der Waals surface area contributed by atoms with Gasteiger partial charge < -0.3 is 0 Å². The standard InChI is InChI=1S/C7H2Cl2FIO/c8-5-3(2-12)1-4(10)6(9)7(5)11/h1-2H. The summed E-state index contributed by atoms with van der Waals surface area (Å²) in [6.45, 7) is 0. The second kappa shape index (κ2) is 3.89. The third kappa shape index (κ3) is 1.72. The SMILES string of the molecule is O=Cc1cc(F)c(Cl)c(I)c1Cl. The molecule has 0 atom stereocenters. The van der Waals surface area contributed by atoms with Gasteiger partial charge in [-0.25, -0.2) is 4.39 Å². The molecule has 1 aromatic carbocycles. The molecule has 0 bridgehead atoms. The molecule has 0 aromatic heterocycles. The van der Waals surface area contributed by atoms with Gasteiger partial charge in [0, 0.05) is 5.56 Å². The second-order valence-electron chi connectivity index (χ2n) is 2.01. The van der Waals surface area contributed by atoms with Gasteiger partial charge in [0.05, 0.1) is 13.6 Å². The number of rotatable bonds is 1. The van der Waals surface area contributed by atoms with E-state index in [2.05, 4.69) is 0 Å². The first-order valence-corrected chi connectivity index (χ1v) is 4.69. The van der Waals surface area contributed by atoms with Crippen LogP contribution in [0.2, 0.25) is 10.0 Å². The molecule has 1 aromatic rings. The Kier molecular flexibility index (Phi) is 3.31. The van der Waals surface area contributed by atoms with Crippen molar-refractivity contribution in [3.05, 3.63) is 31.1 Å². The molecule has 0 saturated carbocycles. The summed E-state index contributed by atoms with van der Waals surface area (Å²) in [6.07, 6.45) is 0.490. The van der Waals surface area contributed by atoms with Crippen molar-refractivity contribution in [3.63, 3.8) is 0 Å². The summed E-state index contributed by atoms with van der Waals surface area (Å²) in [5, 5.41) is 0.142. The Morgan fingerprint density at radius 1 is 1.42 bits per heavy atom. The van der Waals surface area contributed by atoms with E-state index in [0.29, 0.717) is 9.86 Å². The molecular formula is C7H2Cl2FIO. The van der Waals surface area contributed by atoms with E-state index >= 15 is 0 Å². The quantitative estimate of drug-likeness (QED) is 0.335. The molecule has 0 amide bonds. The summed E-state index contributed by atoms with van der Waals surface area (Å²) in [7, 11) is 0. The number of aldehydes is 1. The van der Waals surface area contributed by atoms with E-state index in [0.717, 1.165) is 6.07 Å². The molecule has 0 radical (unpaired) electrons. The van der Waals surface area contributed by atoms with Crippen LogP contribution in [0.1, 0.15) is 10.4 Å². The zero-order valence-corrected chi connectivity index (χ0v) is 9.24. The van der Waals surface area contributed by atoms with Crippen molar-refractivity contribution < 1.29 is 9.18 Å². The summed E-state index contributed by atoms with van der Waals surface area (Å²) in [4.78, 5) is 10.3. The van der Waals surface area contributed by atoms with Gasteiger partial charge in [0.25, 0.3) is 0 Å². The first kappa shape index (κ1) is 10.2. The topological polar surface area (TPSA) is 17.1 Å². The van der Waals surface area contributed by atoms with Gasteiger partial charge in [0.1, 0.15) is 5.82 Å². The van der Waals surface area contributed by atoms with Crippen LogP contribution in [0.25, 0.3) is 0 Å². The summed E-state index contributed by atoms with van der Waals surface area (Å²) in [5.74, 6) is -0.632. The highest BCUT2D eigenvalue weighted by Gasteiger charge is 2.12. The number of halogens is 4. The lowest BCUT2D eigenvalue weighted by molar-refractivity contribution is 0.112. The lowest BCUT2D eigenvalue weighted by atomic mass is 10.2. The maximum absolute atomic E-state index is 12.9. The number of hydrogen-bond donors (Lipinski definition) is 0. The molecule has 1 rings (SSSR count). The molecule has 0 aliphatic carbocycles. The lowest BCUT2D eigenvalue weighted by Crippen LogP contribution is -1.90. The van der Waals surface area contributed by atoms with Crippen LogP contribution in [0.4, 0.5) is 4.39 Å². The molecule has 12 heavy (non-hydrogen) atoms. The molecule has 0 heterocycles. The minimum Gasteiger partial charge on any atom is -0.298 e. The second-order valence-corrected chi connectivity index (χ2v) is 3.84. The van der Waals surface area contributed by atoms with Gasteiger partial charge in [-0.05, 0) is 28.7 Å². The fourth-order valence-corrected chi connectivity index (χ4v) is 1.64. The smallest absolute Gasteiger partial charge is 0.151 e. The predicted octanol–water partition coefficient (Wildman–Crippen LogP) is 3.55. The Labute approximate surface area is 92.0 Å². The highest BCUT2D eigenvalue weighted by Crippen LogP contribution is 2.30. The normalized spacial score (nSPS) is 10.0. The van der Waals surface area contributed by atoms with Crippen LogP contribution >= 0.6 is 45.8 Å². The van der Waals surface area contributed by atoms with Crippen molar-refractivity contribution in [2.45, 2.75) is 0 Å². The Hall–Kier alpha value is 0.130. The summed E-state index contributed by atoms with van der Waals surface area (Å²) in [5.41, 5.74) is 0.114. The molecule has 0 aliphatic heterocycles. The van der Waals surface area contributed by atoms with Crippen LogP contribution in [0.5, 0.6) is 0 Å². The highest BCUT2D eigenvalue weighted by molar-refractivity contribution is 14.1. The molecule has 0 fully saturated rings. The van der Waals surface area contributed by atoms with E-state index in [-0.39, 0.29) is 15.6 Å². The molecule has 0 aliphatic rings. The van der Waals surface area contributed by atoms with Crippen molar-refractivity contribution in [1.29, 1.82) is 0 Å². The predicted molar refractivity (Wildman–Crippen MR) is 54.5 cm³/mol. The lowest BCUT2D eigenvalue weighted by Gasteiger charge is -2.02. The monoisotopic (exact) mass is 318 g/mol. The van der Waals surface area contributed by atoms with Crippen molar-refractivity contribution in [3.8, 4) is 0 Å². The van der Waals surface area contributed by atoms with Gasteiger partial charge >= 0.3 is 0 Å². The van der Waals surface area contributed by atoms with Crippen molar-refractivity contribution in [2.75, 3.05) is 0 Å². The maximum atomic E-state index is 12.9. The highest BCUT2D eigenvalue weighted by atomic mass is 127. The molecule has 64 valence electrons. The van der Waals surface area contributed by atoms with E-state index in [1.165, 1.54) is 0 Å². The van der Waals surface area contributed by atoms with Crippen LogP contribution in [0.15, 0.2) is 6.07 Å². The molecule has 0 spiro atoms. The minimum absolute atomic E-state index is 0.0498. The summed E-state index contributed by atoms with van der Waals surface area (Å²) >= 11 is 13.0. The van der Waals surface area contributed by atoms with E-state index in [4.69, 9.17) is 23.2 Å². The maximum Gasteiger partial charge on any atom is 0.151 e. The van der Waals surface area contributed by atoms with Crippen LogP contribution in [-0.4, -0.2) is 6.29 Å². The summed E-state index contributed by atoms with van der Waals surface area (Å²) in [6, 6.07) is 1.01. The van der Waals surface area contributed by atoms with Gasteiger partial charge in [0.15, 0.2) is 6.29 Å². The van der Waals surface area contributed by atoms with E-state index < -0.39 is 5.82 Å². The Balaban J connectivity index is 3.49. The van der Waals surface area contributed by atoms with E-state index in [1.807, 2.05) is 0 Å². The van der Waals surface area contributed by atoms with Crippen molar-refractivity contribution >= 4 is 52.1 Å². The number of hydrogen-bond acceptors (Lipinski definition) is 1. The number of benzene rings is 1. The van der Waals surface area contributed by atoms with E-state index in [1.54, 1.807) is 22.6 Å². The third-order valence-corrected chi connectivity index (χ3v) is 3.75. The zero-order chi connectivity index (χ0) is 9.30. The van der Waals surface area contributed by atoms with Crippen LogP contribution in [-0.2, 0) is 0 Å². The van der Waals surface area contributed by atoms with Gasteiger partial charge in [-0.3, -0.25) is 4.79 Å². The van der Waals surface area contributed by atoms with Crippen LogP contribution in [0, 0.1) is 9.39 Å². The molecule has 0 N–H and O–H groups in total. The van der Waals surface area contributed by atoms with Gasteiger partial charge in [-0.1, -0.05) is 23.2 Å². The molecule has 0 saturated heterocycles. The van der Waals surface area contributed by atoms with Gasteiger partial charge in [-0.15, -0.1) is 0 Å². The average molecular weight is 319 g/mol. The average Bonchev–Trinajstić information content (AvgIpc) is 2.08. The minimum atomic E-state index is -0.632. The number of carbonyl (C=O) groups is 1. The molecule has 1 nitrogen and oxygen atoms in total. The zero-order valence-electron chi connectivity index (χ0n) is 5.57. The molecule has 0 unspecified atom stereocenters.